The fourth-order valence-electron chi connectivity index (χ4n) is 2.44. The van der Waals surface area contributed by atoms with E-state index in [9.17, 15) is 9.90 Å². The van der Waals surface area contributed by atoms with Crippen LogP contribution in [-0.2, 0) is 6.54 Å². The van der Waals surface area contributed by atoms with Gasteiger partial charge in [-0.15, -0.1) is 0 Å². The van der Waals surface area contributed by atoms with E-state index in [1.807, 2.05) is 18.2 Å². The Morgan fingerprint density at radius 3 is 2.23 bits per heavy atom. The highest BCUT2D eigenvalue weighted by molar-refractivity contribution is 6.67. The SMILES string of the molecule is O=C(O)N(CC(Cl)(Cl)Cl)N1CCN(Cc2ccccc2)CC1. The lowest BCUT2D eigenvalue weighted by atomic mass is 10.2. The Hall–Kier alpha value is -0.720. The average molecular weight is 367 g/mol. The highest BCUT2D eigenvalue weighted by Crippen LogP contribution is 2.28. The van der Waals surface area contributed by atoms with E-state index in [0.29, 0.717) is 13.1 Å². The summed E-state index contributed by atoms with van der Waals surface area (Å²) < 4.78 is -1.63. The zero-order chi connectivity index (χ0) is 16.2. The summed E-state index contributed by atoms with van der Waals surface area (Å²) in [6, 6.07) is 10.2. The molecule has 22 heavy (non-hydrogen) atoms. The lowest BCUT2D eigenvalue weighted by molar-refractivity contribution is -0.0403. The van der Waals surface area contributed by atoms with Gasteiger partial charge in [0.15, 0.2) is 0 Å². The number of halogens is 3. The zero-order valence-electron chi connectivity index (χ0n) is 12.0. The number of rotatable bonds is 4. The molecule has 1 N–H and O–H groups in total. The van der Waals surface area contributed by atoms with Crippen molar-refractivity contribution in [2.75, 3.05) is 32.7 Å². The molecule has 1 aromatic carbocycles. The molecule has 1 aromatic rings. The Morgan fingerprint density at radius 2 is 1.73 bits per heavy atom. The van der Waals surface area contributed by atoms with Gasteiger partial charge in [-0.25, -0.2) is 14.8 Å². The van der Waals surface area contributed by atoms with Gasteiger partial charge in [0.1, 0.15) is 0 Å². The molecule has 0 radical (unpaired) electrons. The third-order valence-corrected chi connectivity index (χ3v) is 3.85. The number of piperazine rings is 1. The number of carboxylic acid groups (broad SMARTS) is 1. The molecule has 0 atom stereocenters. The molecule has 1 saturated heterocycles. The van der Waals surface area contributed by atoms with E-state index >= 15 is 0 Å². The molecule has 2 rings (SSSR count). The van der Waals surface area contributed by atoms with Crippen LogP contribution in [0.15, 0.2) is 30.3 Å². The Bertz CT molecular complexity index is 488. The van der Waals surface area contributed by atoms with Crippen LogP contribution < -0.4 is 0 Å². The molecule has 5 nitrogen and oxygen atoms in total. The Balaban J connectivity index is 1.88. The smallest absolute Gasteiger partial charge is 0.422 e. The Morgan fingerprint density at radius 1 is 1.14 bits per heavy atom. The molecular formula is C14H18Cl3N3O2. The zero-order valence-corrected chi connectivity index (χ0v) is 14.2. The maximum absolute atomic E-state index is 11.3. The summed E-state index contributed by atoms with van der Waals surface area (Å²) in [7, 11) is 0. The number of hydrogen-bond acceptors (Lipinski definition) is 3. The lowest BCUT2D eigenvalue weighted by Crippen LogP contribution is -2.56. The lowest BCUT2D eigenvalue weighted by Gasteiger charge is -2.40. The van der Waals surface area contributed by atoms with Gasteiger partial charge < -0.3 is 5.11 Å². The van der Waals surface area contributed by atoms with Crippen LogP contribution in [0, 0.1) is 0 Å². The van der Waals surface area contributed by atoms with E-state index in [-0.39, 0.29) is 6.54 Å². The second-order valence-electron chi connectivity index (χ2n) is 5.17. The van der Waals surface area contributed by atoms with Crippen LogP contribution in [0.1, 0.15) is 5.56 Å². The molecule has 1 fully saturated rings. The van der Waals surface area contributed by atoms with Crippen molar-refractivity contribution in [2.24, 2.45) is 0 Å². The molecule has 8 heteroatoms. The summed E-state index contributed by atoms with van der Waals surface area (Å²) in [4.78, 5) is 13.6. The largest absolute Gasteiger partial charge is 0.464 e. The molecule has 0 bridgehead atoms. The van der Waals surface area contributed by atoms with E-state index in [4.69, 9.17) is 34.8 Å². The minimum absolute atomic E-state index is 0.175. The first-order valence-electron chi connectivity index (χ1n) is 6.93. The van der Waals surface area contributed by atoms with Gasteiger partial charge in [0, 0.05) is 32.7 Å². The molecule has 0 aromatic heterocycles. The Kier molecular flexibility index (Phi) is 6.17. The number of benzene rings is 1. The van der Waals surface area contributed by atoms with Crippen molar-refractivity contribution < 1.29 is 9.90 Å². The van der Waals surface area contributed by atoms with Gasteiger partial charge in [0.2, 0.25) is 3.79 Å². The van der Waals surface area contributed by atoms with Crippen LogP contribution in [0.4, 0.5) is 4.79 Å². The minimum Gasteiger partial charge on any atom is -0.464 e. The third kappa shape index (κ3) is 5.48. The summed E-state index contributed by atoms with van der Waals surface area (Å²) in [6.45, 7) is 3.37. The number of amides is 1. The van der Waals surface area contributed by atoms with Crippen molar-refractivity contribution in [1.82, 2.24) is 14.9 Å². The van der Waals surface area contributed by atoms with Crippen LogP contribution in [0.2, 0.25) is 0 Å². The van der Waals surface area contributed by atoms with Crippen LogP contribution in [0.3, 0.4) is 0 Å². The standard InChI is InChI=1S/C14H18Cl3N3O2/c15-14(16,17)11-20(13(21)22)19-8-6-18(7-9-19)10-12-4-2-1-3-5-12/h1-5H,6-11H2,(H,21,22). The van der Waals surface area contributed by atoms with Gasteiger partial charge in [-0.1, -0.05) is 65.1 Å². The molecule has 1 aliphatic heterocycles. The van der Waals surface area contributed by atoms with Crippen molar-refractivity contribution in [1.29, 1.82) is 0 Å². The predicted molar refractivity (Wildman–Crippen MR) is 88.3 cm³/mol. The molecule has 0 aliphatic carbocycles. The summed E-state index contributed by atoms with van der Waals surface area (Å²) in [5, 5.41) is 12.1. The van der Waals surface area contributed by atoms with Gasteiger partial charge >= 0.3 is 6.09 Å². The fourth-order valence-corrected chi connectivity index (χ4v) is 2.78. The second-order valence-corrected chi connectivity index (χ2v) is 7.69. The van der Waals surface area contributed by atoms with Crippen molar-refractivity contribution in [2.45, 2.75) is 10.3 Å². The molecule has 122 valence electrons. The highest BCUT2D eigenvalue weighted by atomic mass is 35.6. The van der Waals surface area contributed by atoms with E-state index < -0.39 is 9.89 Å². The topological polar surface area (TPSA) is 47.0 Å². The molecule has 1 heterocycles. The van der Waals surface area contributed by atoms with E-state index in [1.165, 1.54) is 5.56 Å². The van der Waals surface area contributed by atoms with Gasteiger partial charge in [-0.05, 0) is 5.56 Å². The summed E-state index contributed by atoms with van der Waals surface area (Å²) in [5.41, 5.74) is 1.24. The quantitative estimate of drug-likeness (QED) is 0.832. The van der Waals surface area contributed by atoms with E-state index in [1.54, 1.807) is 5.01 Å². The van der Waals surface area contributed by atoms with Crippen LogP contribution in [0.25, 0.3) is 0 Å². The monoisotopic (exact) mass is 365 g/mol. The highest BCUT2D eigenvalue weighted by Gasteiger charge is 2.32. The molecule has 0 saturated carbocycles. The van der Waals surface area contributed by atoms with Gasteiger partial charge in [-0.3, -0.25) is 4.90 Å². The maximum Gasteiger partial charge on any atom is 0.422 e. The molecular weight excluding hydrogens is 349 g/mol. The molecule has 0 unspecified atom stereocenters. The van der Waals surface area contributed by atoms with Gasteiger partial charge in [-0.2, -0.15) is 0 Å². The normalized spacial score (nSPS) is 17.4. The second kappa shape index (κ2) is 7.70. The summed E-state index contributed by atoms with van der Waals surface area (Å²) in [6.07, 6.45) is -1.11. The number of carbonyl (C=O) groups is 1. The van der Waals surface area contributed by atoms with Crippen molar-refractivity contribution in [3.8, 4) is 0 Å². The first-order chi connectivity index (χ1) is 10.3. The molecule has 0 spiro atoms. The van der Waals surface area contributed by atoms with E-state index in [2.05, 4.69) is 17.0 Å². The summed E-state index contributed by atoms with van der Waals surface area (Å²) in [5.74, 6) is 0. The average Bonchev–Trinajstić information content (AvgIpc) is 2.46. The minimum atomic E-state index is -1.63. The van der Waals surface area contributed by atoms with Gasteiger partial charge in [0.05, 0.1) is 6.54 Å². The van der Waals surface area contributed by atoms with Crippen molar-refractivity contribution >= 4 is 40.9 Å². The van der Waals surface area contributed by atoms with Gasteiger partial charge in [0.25, 0.3) is 0 Å². The van der Waals surface area contributed by atoms with Crippen LogP contribution in [0.5, 0.6) is 0 Å². The number of hydrazine groups is 1. The first kappa shape index (κ1) is 17.6. The number of alkyl halides is 3. The number of hydrogen-bond donors (Lipinski definition) is 1. The third-order valence-electron chi connectivity index (χ3n) is 3.49. The van der Waals surface area contributed by atoms with Crippen LogP contribution in [-0.4, -0.2) is 62.6 Å². The first-order valence-corrected chi connectivity index (χ1v) is 8.07. The Labute approximate surface area is 144 Å². The maximum atomic E-state index is 11.3. The predicted octanol–water partition coefficient (Wildman–Crippen LogP) is 3.07. The molecule has 1 amide bonds. The van der Waals surface area contributed by atoms with Crippen molar-refractivity contribution in [3.05, 3.63) is 35.9 Å². The summed E-state index contributed by atoms with van der Waals surface area (Å²) >= 11 is 17.1. The van der Waals surface area contributed by atoms with E-state index in [0.717, 1.165) is 24.6 Å². The fraction of sp³-hybridized carbons (Fsp3) is 0.500. The molecule has 1 aliphatic rings. The number of nitrogens with zero attached hydrogens (tertiary/aromatic N) is 3. The van der Waals surface area contributed by atoms with Crippen LogP contribution >= 0.6 is 34.8 Å². The van der Waals surface area contributed by atoms with Crippen molar-refractivity contribution in [3.63, 3.8) is 0 Å².